The average molecular weight is 310 g/mol. The Hall–Kier alpha value is -2.57. The van der Waals surface area contributed by atoms with Gasteiger partial charge in [0.25, 0.3) is 11.9 Å². The second-order valence-corrected chi connectivity index (χ2v) is 3.99. The summed E-state index contributed by atoms with van der Waals surface area (Å²) in [5.74, 6) is -2.80. The average Bonchev–Trinajstić information content (AvgIpc) is 2.52. The zero-order valence-electron chi connectivity index (χ0n) is 12.7. The molecule has 0 aliphatic heterocycles. The Kier molecular flexibility index (Phi) is 6.88. The van der Waals surface area contributed by atoms with Gasteiger partial charge in [0.1, 0.15) is 0 Å². The molecule has 0 N–H and O–H groups in total. The van der Waals surface area contributed by atoms with E-state index in [2.05, 4.69) is 4.74 Å². The van der Waals surface area contributed by atoms with E-state index >= 15 is 0 Å². The van der Waals surface area contributed by atoms with Crippen molar-refractivity contribution in [3.05, 3.63) is 24.3 Å². The fourth-order valence-electron chi connectivity index (χ4n) is 1.58. The maximum Gasteiger partial charge on any atom is 0.379 e. The molecule has 1 aromatic rings. The van der Waals surface area contributed by atoms with Crippen molar-refractivity contribution in [2.45, 2.75) is 20.0 Å². The highest BCUT2D eigenvalue weighted by atomic mass is 16.6. The van der Waals surface area contributed by atoms with Gasteiger partial charge in [0, 0.05) is 0 Å². The van der Waals surface area contributed by atoms with Gasteiger partial charge in [0.2, 0.25) is 0 Å². The molecule has 0 heterocycles. The molecular formula is C15H18O7. The summed E-state index contributed by atoms with van der Waals surface area (Å²) in [6.45, 7) is 3.17. The second kappa shape index (κ2) is 8.66. The third kappa shape index (κ3) is 4.47. The summed E-state index contributed by atoms with van der Waals surface area (Å²) < 4.78 is 19.8. The van der Waals surface area contributed by atoms with Gasteiger partial charge in [0.05, 0.1) is 20.3 Å². The molecule has 1 unspecified atom stereocenters. The fraction of sp³-hybridized carbons (Fsp3) is 0.400. The number of hydrogen-bond donors (Lipinski definition) is 0. The van der Waals surface area contributed by atoms with E-state index < -0.39 is 23.8 Å². The Morgan fingerprint density at radius 1 is 1.00 bits per heavy atom. The largest absolute Gasteiger partial charge is 0.493 e. The lowest BCUT2D eigenvalue weighted by atomic mass is 10.2. The molecule has 0 aromatic heterocycles. The number of carbonyl (C=O) groups excluding carboxylic acids is 3. The summed E-state index contributed by atoms with van der Waals surface area (Å²) >= 11 is 0. The van der Waals surface area contributed by atoms with Crippen molar-refractivity contribution >= 4 is 17.7 Å². The van der Waals surface area contributed by atoms with Crippen molar-refractivity contribution < 1.29 is 33.3 Å². The molecule has 0 aliphatic rings. The van der Waals surface area contributed by atoms with Crippen LogP contribution >= 0.6 is 0 Å². The minimum absolute atomic E-state index is 0.00871. The summed E-state index contributed by atoms with van der Waals surface area (Å²) in [5.41, 5.74) is 0. The molecule has 0 aliphatic carbocycles. The maximum atomic E-state index is 12.0. The number of ether oxygens (including phenoxy) is 4. The Morgan fingerprint density at radius 2 is 1.59 bits per heavy atom. The van der Waals surface area contributed by atoms with E-state index in [0.717, 1.165) is 0 Å². The molecule has 0 saturated carbocycles. The van der Waals surface area contributed by atoms with Crippen LogP contribution in [0, 0.1) is 0 Å². The molecular weight excluding hydrogens is 292 g/mol. The number of rotatable bonds is 8. The van der Waals surface area contributed by atoms with Crippen LogP contribution < -0.4 is 9.47 Å². The third-order valence-corrected chi connectivity index (χ3v) is 2.53. The molecule has 0 amide bonds. The lowest BCUT2D eigenvalue weighted by Crippen LogP contribution is -2.42. The van der Waals surface area contributed by atoms with Gasteiger partial charge < -0.3 is 18.9 Å². The van der Waals surface area contributed by atoms with Crippen molar-refractivity contribution in [2.75, 3.05) is 20.3 Å². The summed E-state index contributed by atoms with van der Waals surface area (Å²) in [5, 5.41) is 0. The molecule has 0 fully saturated rings. The Morgan fingerprint density at radius 3 is 2.14 bits per heavy atom. The normalized spacial score (nSPS) is 11.2. The minimum Gasteiger partial charge on any atom is -0.493 e. The predicted octanol–water partition coefficient (Wildman–Crippen LogP) is 1.14. The van der Waals surface area contributed by atoms with Gasteiger partial charge in [-0.2, -0.15) is 0 Å². The van der Waals surface area contributed by atoms with Crippen LogP contribution in [-0.4, -0.2) is 44.1 Å². The molecule has 0 spiro atoms. The van der Waals surface area contributed by atoms with Crippen LogP contribution in [0.2, 0.25) is 0 Å². The first kappa shape index (κ1) is 17.5. The van der Waals surface area contributed by atoms with Gasteiger partial charge in [-0.3, -0.25) is 4.79 Å². The van der Waals surface area contributed by atoms with Crippen LogP contribution in [0.25, 0.3) is 0 Å². The monoisotopic (exact) mass is 310 g/mol. The van der Waals surface area contributed by atoms with Crippen LogP contribution in [0.4, 0.5) is 0 Å². The molecule has 0 bridgehead atoms. The van der Waals surface area contributed by atoms with Gasteiger partial charge in [-0.15, -0.1) is 0 Å². The first-order valence-electron chi connectivity index (χ1n) is 6.72. The second-order valence-electron chi connectivity index (χ2n) is 3.99. The molecule has 1 atom stereocenters. The van der Waals surface area contributed by atoms with Crippen molar-refractivity contribution in [3.8, 4) is 11.5 Å². The van der Waals surface area contributed by atoms with Crippen LogP contribution in [0.1, 0.15) is 13.8 Å². The number of hydrogen-bond acceptors (Lipinski definition) is 7. The lowest BCUT2D eigenvalue weighted by Gasteiger charge is -2.17. The van der Waals surface area contributed by atoms with Gasteiger partial charge >= 0.3 is 11.9 Å². The van der Waals surface area contributed by atoms with E-state index in [0.29, 0.717) is 5.75 Å². The van der Waals surface area contributed by atoms with E-state index in [9.17, 15) is 14.4 Å². The smallest absolute Gasteiger partial charge is 0.379 e. The predicted molar refractivity (Wildman–Crippen MR) is 75.7 cm³/mol. The highest BCUT2D eigenvalue weighted by molar-refractivity contribution is 6.39. The van der Waals surface area contributed by atoms with E-state index in [1.54, 1.807) is 32.0 Å². The SMILES string of the molecule is CCOC(=O)C(=O)C(Oc1ccccc1OC)C(=O)OCC. The minimum atomic E-state index is -1.74. The standard InChI is InChI=1S/C15H18O7/c1-4-20-14(17)12(16)13(15(18)21-5-2)22-11-9-7-6-8-10(11)19-3/h6-9,13H,4-5H2,1-3H3. The topological polar surface area (TPSA) is 88.1 Å². The zero-order chi connectivity index (χ0) is 16.5. The fourth-order valence-corrected chi connectivity index (χ4v) is 1.58. The summed E-state index contributed by atoms with van der Waals surface area (Å²) in [4.78, 5) is 35.4. The van der Waals surface area contributed by atoms with Crippen LogP contribution in [-0.2, 0) is 23.9 Å². The van der Waals surface area contributed by atoms with Gasteiger partial charge in [-0.1, -0.05) is 12.1 Å². The number of benzene rings is 1. The highest BCUT2D eigenvalue weighted by Gasteiger charge is 2.36. The molecule has 0 radical (unpaired) electrons. The van der Waals surface area contributed by atoms with Crippen LogP contribution in [0.3, 0.4) is 0 Å². The van der Waals surface area contributed by atoms with Gasteiger partial charge in [-0.05, 0) is 26.0 Å². The van der Waals surface area contributed by atoms with Crippen LogP contribution in [0.5, 0.6) is 11.5 Å². The number of methoxy groups -OCH3 is 1. The van der Waals surface area contributed by atoms with Crippen molar-refractivity contribution in [1.29, 1.82) is 0 Å². The van der Waals surface area contributed by atoms with E-state index in [4.69, 9.17) is 14.2 Å². The molecule has 22 heavy (non-hydrogen) atoms. The number of para-hydroxylation sites is 2. The van der Waals surface area contributed by atoms with Crippen molar-refractivity contribution in [2.24, 2.45) is 0 Å². The Labute approximate surface area is 128 Å². The molecule has 1 rings (SSSR count). The number of esters is 2. The van der Waals surface area contributed by atoms with E-state index in [1.165, 1.54) is 13.2 Å². The first-order valence-corrected chi connectivity index (χ1v) is 6.72. The highest BCUT2D eigenvalue weighted by Crippen LogP contribution is 2.27. The molecule has 120 valence electrons. The lowest BCUT2D eigenvalue weighted by molar-refractivity contribution is -0.165. The molecule has 1 aromatic carbocycles. The Balaban J connectivity index is 3.02. The Bertz CT molecular complexity index is 538. The van der Waals surface area contributed by atoms with Gasteiger partial charge in [-0.25, -0.2) is 9.59 Å². The van der Waals surface area contributed by atoms with Crippen LogP contribution in [0.15, 0.2) is 24.3 Å². The third-order valence-electron chi connectivity index (χ3n) is 2.53. The quantitative estimate of drug-likeness (QED) is 0.404. The summed E-state index contributed by atoms with van der Waals surface area (Å²) in [6, 6.07) is 6.42. The molecule has 0 saturated heterocycles. The number of ketones is 1. The van der Waals surface area contributed by atoms with E-state index in [1.807, 2.05) is 0 Å². The summed E-state index contributed by atoms with van der Waals surface area (Å²) in [6.07, 6.45) is -1.74. The molecule has 7 heteroatoms. The zero-order valence-corrected chi connectivity index (χ0v) is 12.7. The van der Waals surface area contributed by atoms with Crippen molar-refractivity contribution in [3.63, 3.8) is 0 Å². The first-order chi connectivity index (χ1) is 10.5. The van der Waals surface area contributed by atoms with Gasteiger partial charge in [0.15, 0.2) is 11.5 Å². The molecule has 7 nitrogen and oxygen atoms in total. The van der Waals surface area contributed by atoms with Crippen molar-refractivity contribution in [1.82, 2.24) is 0 Å². The number of carbonyl (C=O) groups is 3. The van der Waals surface area contributed by atoms with E-state index in [-0.39, 0.29) is 19.0 Å². The maximum absolute atomic E-state index is 12.0. The summed E-state index contributed by atoms with van der Waals surface area (Å²) in [7, 11) is 1.41. The number of Topliss-reactive ketones (excluding diaryl/α,β-unsaturated/α-hetero) is 1.